The molecule has 0 spiro atoms. The fraction of sp³-hybridized carbons (Fsp3) is 0.375. The number of carbonyl (C=O) groups excluding carboxylic acids is 1. The Labute approximate surface area is 127 Å². The first-order valence-electron chi connectivity index (χ1n) is 7.31. The lowest BCUT2D eigenvalue weighted by atomic mass is 10.0. The summed E-state index contributed by atoms with van der Waals surface area (Å²) in [7, 11) is 0. The molecule has 1 atom stereocenters. The second kappa shape index (κ2) is 5.46. The molecule has 1 aliphatic heterocycles. The molecule has 2 heterocycles. The zero-order valence-electron chi connectivity index (χ0n) is 12.7. The minimum absolute atomic E-state index is 0.0934. The summed E-state index contributed by atoms with van der Waals surface area (Å²) in [5, 5.41) is 3.59. The second-order valence-corrected chi connectivity index (χ2v) is 5.63. The lowest BCUT2D eigenvalue weighted by Crippen LogP contribution is -2.41. The number of nitrogens with one attached hydrogen (secondary N) is 1. The molecule has 0 unspecified atom stereocenters. The number of pyridine rings is 1. The molecule has 6 heteroatoms. The van der Waals surface area contributed by atoms with Crippen LogP contribution in [0.3, 0.4) is 0 Å². The normalized spacial score (nSPS) is 14.5. The van der Waals surface area contributed by atoms with Crippen molar-refractivity contribution in [1.29, 1.82) is 0 Å². The van der Waals surface area contributed by atoms with E-state index in [9.17, 15) is 9.59 Å². The van der Waals surface area contributed by atoms with Gasteiger partial charge < -0.3 is 15.8 Å². The molecule has 116 valence electrons. The molecule has 1 amide bonds. The van der Waals surface area contributed by atoms with E-state index in [2.05, 4.69) is 5.32 Å². The number of aromatic nitrogens is 1. The number of carbonyl (C=O) groups is 1. The van der Waals surface area contributed by atoms with Gasteiger partial charge in [-0.15, -0.1) is 0 Å². The molecule has 1 aromatic carbocycles. The minimum atomic E-state index is -0.612. The third-order valence-electron chi connectivity index (χ3n) is 3.93. The van der Waals surface area contributed by atoms with Crippen molar-refractivity contribution >= 4 is 16.8 Å². The maximum Gasteiger partial charge on any atom is 0.252 e. The number of amides is 1. The van der Waals surface area contributed by atoms with Crippen LogP contribution in [0.1, 0.15) is 18.1 Å². The van der Waals surface area contributed by atoms with Gasteiger partial charge >= 0.3 is 0 Å². The zero-order chi connectivity index (χ0) is 15.9. The summed E-state index contributed by atoms with van der Waals surface area (Å²) < 4.78 is 7.25. The van der Waals surface area contributed by atoms with Crippen LogP contribution in [-0.4, -0.2) is 23.1 Å². The molecule has 0 radical (unpaired) electrons. The van der Waals surface area contributed by atoms with E-state index in [1.165, 1.54) is 6.07 Å². The maximum absolute atomic E-state index is 12.2. The molecule has 22 heavy (non-hydrogen) atoms. The summed E-state index contributed by atoms with van der Waals surface area (Å²) in [5.41, 5.74) is 8.31. The van der Waals surface area contributed by atoms with Crippen LogP contribution in [0.5, 0.6) is 5.75 Å². The van der Waals surface area contributed by atoms with Gasteiger partial charge in [0.05, 0.1) is 24.8 Å². The van der Waals surface area contributed by atoms with Crippen LogP contribution >= 0.6 is 0 Å². The van der Waals surface area contributed by atoms with Gasteiger partial charge in [0.15, 0.2) is 0 Å². The molecule has 6 nitrogen and oxygen atoms in total. The summed E-state index contributed by atoms with van der Waals surface area (Å²) in [4.78, 5) is 23.9. The Hall–Kier alpha value is -2.34. The topological polar surface area (TPSA) is 86.4 Å². The van der Waals surface area contributed by atoms with Gasteiger partial charge in [0.2, 0.25) is 5.91 Å². The molecule has 3 N–H and O–H groups in total. The van der Waals surface area contributed by atoms with Gasteiger partial charge in [0.1, 0.15) is 5.75 Å². The third-order valence-corrected chi connectivity index (χ3v) is 3.93. The summed E-state index contributed by atoms with van der Waals surface area (Å²) in [6.45, 7) is 4.32. The number of nitrogens with two attached hydrogens (primary N) is 1. The molecule has 1 aliphatic rings. The lowest BCUT2D eigenvalue weighted by Gasteiger charge is -2.16. The number of rotatable bonds is 3. The SMILES string of the molecule is Cc1cc2c(c3ccc(=O)n(CNC(=O)[C@@H](C)N)c13)OCC2. The summed E-state index contributed by atoms with van der Waals surface area (Å²) in [5.74, 6) is 0.548. The Morgan fingerprint density at radius 3 is 3.00 bits per heavy atom. The summed E-state index contributed by atoms with van der Waals surface area (Å²) in [6.07, 6.45) is 0.882. The van der Waals surface area contributed by atoms with E-state index in [4.69, 9.17) is 10.5 Å². The van der Waals surface area contributed by atoms with Crippen molar-refractivity contribution in [2.24, 2.45) is 5.73 Å². The number of benzene rings is 1. The van der Waals surface area contributed by atoms with E-state index in [0.29, 0.717) is 6.61 Å². The van der Waals surface area contributed by atoms with Crippen molar-refractivity contribution in [3.8, 4) is 5.75 Å². The van der Waals surface area contributed by atoms with E-state index in [1.807, 2.05) is 13.0 Å². The predicted molar refractivity (Wildman–Crippen MR) is 83.9 cm³/mol. The number of fused-ring (bicyclic) bond motifs is 3. The third kappa shape index (κ3) is 2.35. The zero-order valence-corrected chi connectivity index (χ0v) is 12.7. The molecule has 0 saturated carbocycles. The highest BCUT2D eigenvalue weighted by Crippen LogP contribution is 2.35. The molecule has 0 bridgehead atoms. The molecule has 1 aromatic heterocycles. The van der Waals surface area contributed by atoms with Gasteiger partial charge in [-0.1, -0.05) is 6.07 Å². The second-order valence-electron chi connectivity index (χ2n) is 5.63. The molecule has 0 saturated heterocycles. The van der Waals surface area contributed by atoms with Gasteiger partial charge in [-0.25, -0.2) is 0 Å². The van der Waals surface area contributed by atoms with Crippen LogP contribution < -0.4 is 21.3 Å². The number of ether oxygens (including phenoxy) is 1. The molecule has 0 fully saturated rings. The molecule has 3 rings (SSSR count). The van der Waals surface area contributed by atoms with Gasteiger partial charge in [0.25, 0.3) is 5.56 Å². The molecule has 2 aromatic rings. The fourth-order valence-corrected chi connectivity index (χ4v) is 2.85. The Kier molecular flexibility index (Phi) is 3.62. The average Bonchev–Trinajstić information content (AvgIpc) is 2.93. The van der Waals surface area contributed by atoms with E-state index in [-0.39, 0.29) is 18.1 Å². The van der Waals surface area contributed by atoms with Crippen LogP contribution in [-0.2, 0) is 17.9 Å². The van der Waals surface area contributed by atoms with E-state index >= 15 is 0 Å². The van der Waals surface area contributed by atoms with Crippen LogP contribution in [0.25, 0.3) is 10.9 Å². The van der Waals surface area contributed by atoms with Crippen LogP contribution in [0.2, 0.25) is 0 Å². The van der Waals surface area contributed by atoms with Crippen LogP contribution in [0.4, 0.5) is 0 Å². The molecule has 0 aliphatic carbocycles. The standard InChI is InChI=1S/C16H19N3O3/c1-9-7-11-5-6-22-15(11)12-3-4-13(20)19(14(9)12)8-18-16(21)10(2)17/h3-4,7,10H,5-6,8,17H2,1-2H3,(H,18,21)/t10-/m1/s1. The maximum atomic E-state index is 12.2. The summed E-state index contributed by atoms with van der Waals surface area (Å²) >= 11 is 0. The van der Waals surface area contributed by atoms with Crippen molar-refractivity contribution in [2.45, 2.75) is 33.0 Å². The molecular formula is C16H19N3O3. The largest absolute Gasteiger partial charge is 0.492 e. The highest BCUT2D eigenvalue weighted by Gasteiger charge is 2.19. The van der Waals surface area contributed by atoms with Crippen LogP contribution in [0.15, 0.2) is 23.0 Å². The van der Waals surface area contributed by atoms with E-state index < -0.39 is 6.04 Å². The number of hydrogen-bond donors (Lipinski definition) is 2. The van der Waals surface area contributed by atoms with Gasteiger partial charge in [-0.05, 0) is 31.0 Å². The first-order chi connectivity index (χ1) is 10.5. The minimum Gasteiger partial charge on any atom is -0.492 e. The summed E-state index contributed by atoms with van der Waals surface area (Å²) in [6, 6.07) is 4.73. The Morgan fingerprint density at radius 1 is 1.50 bits per heavy atom. The Bertz CT molecular complexity index is 808. The van der Waals surface area contributed by atoms with E-state index in [0.717, 1.165) is 34.2 Å². The van der Waals surface area contributed by atoms with E-state index in [1.54, 1.807) is 17.6 Å². The van der Waals surface area contributed by atoms with Crippen LogP contribution in [0, 0.1) is 6.92 Å². The number of hydrogen-bond acceptors (Lipinski definition) is 4. The predicted octanol–water partition coefficient (Wildman–Crippen LogP) is 0.666. The van der Waals surface area contributed by atoms with Gasteiger partial charge in [-0.2, -0.15) is 0 Å². The lowest BCUT2D eigenvalue weighted by molar-refractivity contribution is -0.122. The van der Waals surface area contributed by atoms with Gasteiger partial charge in [-0.3, -0.25) is 14.2 Å². The average molecular weight is 301 g/mol. The van der Waals surface area contributed by atoms with Gasteiger partial charge in [0, 0.05) is 17.9 Å². The van der Waals surface area contributed by atoms with Crippen molar-refractivity contribution in [3.05, 3.63) is 39.7 Å². The highest BCUT2D eigenvalue weighted by atomic mass is 16.5. The monoisotopic (exact) mass is 301 g/mol. The van der Waals surface area contributed by atoms with Crippen molar-refractivity contribution in [1.82, 2.24) is 9.88 Å². The number of nitrogens with zero attached hydrogens (tertiary/aromatic N) is 1. The highest BCUT2D eigenvalue weighted by molar-refractivity contribution is 5.90. The smallest absolute Gasteiger partial charge is 0.252 e. The Balaban J connectivity index is 2.11. The van der Waals surface area contributed by atoms with Crippen molar-refractivity contribution in [3.63, 3.8) is 0 Å². The Morgan fingerprint density at radius 2 is 2.27 bits per heavy atom. The van der Waals surface area contributed by atoms with Crippen molar-refractivity contribution < 1.29 is 9.53 Å². The molecular weight excluding hydrogens is 282 g/mol. The number of aryl methyl sites for hydroxylation is 1. The van der Waals surface area contributed by atoms with Crippen molar-refractivity contribution in [2.75, 3.05) is 6.61 Å². The quantitative estimate of drug-likeness (QED) is 0.872. The first kappa shape index (κ1) is 14.6. The first-order valence-corrected chi connectivity index (χ1v) is 7.31. The fourth-order valence-electron chi connectivity index (χ4n) is 2.85.